The molecule has 0 radical (unpaired) electrons. The van der Waals surface area contributed by atoms with Gasteiger partial charge in [0.1, 0.15) is 5.76 Å². The third-order valence-corrected chi connectivity index (χ3v) is 4.16. The topological polar surface area (TPSA) is 41.3 Å². The fourth-order valence-corrected chi connectivity index (χ4v) is 2.80. The van der Waals surface area contributed by atoms with Gasteiger partial charge in [0.2, 0.25) is 5.89 Å². The average molecular weight is 249 g/mol. The first-order valence-electron chi connectivity index (χ1n) is 7.10. The van der Waals surface area contributed by atoms with Gasteiger partial charge in [0.05, 0.1) is 12.2 Å². The van der Waals surface area contributed by atoms with Gasteiger partial charge >= 0.3 is 0 Å². The Hall–Kier alpha value is -0.870. The zero-order valence-electron chi connectivity index (χ0n) is 11.4. The number of hydrogen-bond acceptors (Lipinski definition) is 4. The quantitative estimate of drug-likeness (QED) is 0.865. The van der Waals surface area contributed by atoms with Gasteiger partial charge in [-0.3, -0.25) is 0 Å². The number of nitrogens with one attached hydrogen (secondary N) is 1. The molecule has 4 nitrogen and oxygen atoms in total. The normalized spacial score (nSPS) is 24.9. The summed E-state index contributed by atoms with van der Waals surface area (Å²) < 4.78 is 5.56. The predicted molar refractivity (Wildman–Crippen MR) is 70.4 cm³/mol. The molecular formula is C14H23N3O. The highest BCUT2D eigenvalue weighted by atomic mass is 16.4. The molecule has 1 aromatic heterocycles. The molecule has 0 bridgehead atoms. The maximum atomic E-state index is 5.56. The smallest absolute Gasteiger partial charge is 0.208 e. The third kappa shape index (κ3) is 2.75. The van der Waals surface area contributed by atoms with Gasteiger partial charge in [0.25, 0.3) is 0 Å². The fourth-order valence-electron chi connectivity index (χ4n) is 2.80. The maximum absolute atomic E-state index is 5.56. The van der Waals surface area contributed by atoms with E-state index >= 15 is 0 Å². The highest BCUT2D eigenvalue weighted by molar-refractivity contribution is 5.05. The van der Waals surface area contributed by atoms with Crippen molar-refractivity contribution < 1.29 is 4.42 Å². The van der Waals surface area contributed by atoms with Crippen molar-refractivity contribution in [2.75, 3.05) is 19.6 Å². The van der Waals surface area contributed by atoms with Crippen molar-refractivity contribution in [2.24, 2.45) is 5.92 Å². The van der Waals surface area contributed by atoms with E-state index in [1.807, 2.05) is 13.8 Å². The molecular weight excluding hydrogens is 226 g/mol. The highest BCUT2D eigenvalue weighted by Crippen LogP contribution is 2.31. The summed E-state index contributed by atoms with van der Waals surface area (Å²) in [7, 11) is 0. The number of nitrogens with zero attached hydrogens (tertiary/aromatic N) is 2. The molecule has 0 spiro atoms. The average Bonchev–Trinajstić information content (AvgIpc) is 3.01. The van der Waals surface area contributed by atoms with Gasteiger partial charge in [-0.25, -0.2) is 4.98 Å². The molecule has 1 saturated heterocycles. The van der Waals surface area contributed by atoms with Crippen LogP contribution in [0.4, 0.5) is 0 Å². The van der Waals surface area contributed by atoms with E-state index in [1.54, 1.807) is 0 Å². The molecule has 1 aliphatic heterocycles. The van der Waals surface area contributed by atoms with E-state index in [0.29, 0.717) is 0 Å². The lowest BCUT2D eigenvalue weighted by atomic mass is 10.1. The van der Waals surface area contributed by atoms with Gasteiger partial charge in [-0.2, -0.15) is 0 Å². The summed E-state index contributed by atoms with van der Waals surface area (Å²) in [4.78, 5) is 7.05. The minimum atomic E-state index is 0.759. The number of aromatic nitrogens is 1. The van der Waals surface area contributed by atoms with Crippen LogP contribution in [0.1, 0.15) is 36.6 Å². The van der Waals surface area contributed by atoms with Gasteiger partial charge in [0, 0.05) is 12.6 Å². The second kappa shape index (κ2) is 5.02. The Labute approximate surface area is 109 Å². The van der Waals surface area contributed by atoms with E-state index in [4.69, 9.17) is 4.42 Å². The zero-order valence-corrected chi connectivity index (χ0v) is 11.4. The lowest BCUT2D eigenvalue weighted by Gasteiger charge is -2.14. The van der Waals surface area contributed by atoms with Crippen molar-refractivity contribution in [1.82, 2.24) is 15.2 Å². The highest BCUT2D eigenvalue weighted by Gasteiger charge is 2.33. The van der Waals surface area contributed by atoms with E-state index in [9.17, 15) is 0 Å². The van der Waals surface area contributed by atoms with Crippen LogP contribution in [0.3, 0.4) is 0 Å². The van der Waals surface area contributed by atoms with Gasteiger partial charge in [0.15, 0.2) is 0 Å². The predicted octanol–water partition coefficient (Wildman–Crippen LogP) is 1.87. The van der Waals surface area contributed by atoms with E-state index in [0.717, 1.165) is 42.4 Å². The van der Waals surface area contributed by atoms with Crippen LogP contribution in [0.2, 0.25) is 0 Å². The van der Waals surface area contributed by atoms with Crippen LogP contribution in [-0.2, 0) is 6.54 Å². The number of hydrogen-bond donors (Lipinski definition) is 1. The van der Waals surface area contributed by atoms with E-state index in [-0.39, 0.29) is 0 Å². The first-order chi connectivity index (χ1) is 8.72. The molecule has 1 unspecified atom stereocenters. The standard InChI is InChI=1S/C14H23N3O/c1-10-11(2)18-14(16-10)8-15-7-12-5-6-17(9-12)13-3-4-13/h12-13,15H,3-9H2,1-2H3. The Morgan fingerprint density at radius 3 is 2.83 bits per heavy atom. The van der Waals surface area contributed by atoms with E-state index in [2.05, 4.69) is 15.2 Å². The van der Waals surface area contributed by atoms with Crippen molar-refractivity contribution >= 4 is 0 Å². The molecule has 1 N–H and O–H groups in total. The second-order valence-corrected chi connectivity index (χ2v) is 5.76. The van der Waals surface area contributed by atoms with Gasteiger partial charge in [-0.1, -0.05) is 0 Å². The Morgan fingerprint density at radius 1 is 1.33 bits per heavy atom. The first kappa shape index (κ1) is 12.2. The maximum Gasteiger partial charge on any atom is 0.208 e. The summed E-state index contributed by atoms with van der Waals surface area (Å²) in [5.74, 6) is 2.57. The molecule has 2 heterocycles. The number of oxazole rings is 1. The summed E-state index contributed by atoms with van der Waals surface area (Å²) in [6.45, 7) is 8.39. The van der Waals surface area contributed by atoms with Crippen molar-refractivity contribution in [3.05, 3.63) is 17.3 Å². The van der Waals surface area contributed by atoms with Gasteiger partial charge < -0.3 is 14.6 Å². The van der Waals surface area contributed by atoms with Crippen molar-refractivity contribution in [3.63, 3.8) is 0 Å². The third-order valence-electron chi connectivity index (χ3n) is 4.16. The molecule has 100 valence electrons. The van der Waals surface area contributed by atoms with Crippen LogP contribution in [0.5, 0.6) is 0 Å². The fraction of sp³-hybridized carbons (Fsp3) is 0.786. The summed E-state index contributed by atoms with van der Waals surface area (Å²) in [5, 5.41) is 3.48. The SMILES string of the molecule is Cc1nc(CNCC2CCN(C3CC3)C2)oc1C. The molecule has 2 fully saturated rings. The van der Waals surface area contributed by atoms with Crippen LogP contribution in [0.25, 0.3) is 0 Å². The van der Waals surface area contributed by atoms with Crippen molar-refractivity contribution in [1.29, 1.82) is 0 Å². The molecule has 1 aliphatic carbocycles. The number of likely N-dealkylation sites (tertiary alicyclic amines) is 1. The molecule has 1 aromatic rings. The monoisotopic (exact) mass is 249 g/mol. The van der Waals surface area contributed by atoms with Crippen LogP contribution < -0.4 is 5.32 Å². The Kier molecular flexibility index (Phi) is 3.39. The molecule has 2 aliphatic rings. The molecule has 18 heavy (non-hydrogen) atoms. The number of aryl methyl sites for hydroxylation is 2. The van der Waals surface area contributed by atoms with Crippen LogP contribution >= 0.6 is 0 Å². The minimum Gasteiger partial charge on any atom is -0.444 e. The van der Waals surface area contributed by atoms with Crippen molar-refractivity contribution in [3.8, 4) is 0 Å². The summed E-state index contributed by atoms with van der Waals surface area (Å²) in [6, 6.07) is 0.923. The minimum absolute atomic E-state index is 0.759. The summed E-state index contributed by atoms with van der Waals surface area (Å²) >= 11 is 0. The zero-order chi connectivity index (χ0) is 12.5. The molecule has 1 atom stereocenters. The van der Waals surface area contributed by atoms with E-state index in [1.165, 1.54) is 32.4 Å². The Morgan fingerprint density at radius 2 is 2.17 bits per heavy atom. The number of rotatable bonds is 5. The van der Waals surface area contributed by atoms with Crippen LogP contribution in [0.15, 0.2) is 4.42 Å². The summed E-state index contributed by atoms with van der Waals surface area (Å²) in [5.41, 5.74) is 1.01. The molecule has 4 heteroatoms. The van der Waals surface area contributed by atoms with E-state index < -0.39 is 0 Å². The second-order valence-electron chi connectivity index (χ2n) is 5.76. The molecule has 3 rings (SSSR count). The van der Waals surface area contributed by atoms with Crippen molar-refractivity contribution in [2.45, 2.75) is 45.7 Å². The lowest BCUT2D eigenvalue weighted by Crippen LogP contribution is -2.27. The summed E-state index contributed by atoms with van der Waals surface area (Å²) in [6.07, 6.45) is 4.19. The molecule has 1 saturated carbocycles. The lowest BCUT2D eigenvalue weighted by molar-refractivity contribution is 0.310. The van der Waals surface area contributed by atoms with Crippen LogP contribution in [0, 0.1) is 19.8 Å². The van der Waals surface area contributed by atoms with Gasteiger partial charge in [-0.05, 0) is 52.1 Å². The Bertz CT molecular complexity index is 392. The first-order valence-corrected chi connectivity index (χ1v) is 7.10. The van der Waals surface area contributed by atoms with Gasteiger partial charge in [-0.15, -0.1) is 0 Å². The molecule has 0 aromatic carbocycles. The molecule has 0 amide bonds. The van der Waals surface area contributed by atoms with Crippen LogP contribution in [-0.4, -0.2) is 35.6 Å². The largest absolute Gasteiger partial charge is 0.444 e. The Balaban J connectivity index is 1.39.